The first-order chi connectivity index (χ1) is 12.2. The minimum Gasteiger partial charge on any atom is -0.481 e. The van der Waals surface area contributed by atoms with Gasteiger partial charge in [0.25, 0.3) is 0 Å². The highest BCUT2D eigenvalue weighted by Gasteiger charge is 2.70. The SMILES string of the molecule is CN1C(=O)CCC2(C)C3CCC4(C)C(C(=O)O)CCC4C3CC3(CC3)C12. The Kier molecular flexibility index (Phi) is 3.32. The van der Waals surface area contributed by atoms with Crippen LogP contribution < -0.4 is 0 Å². The molecule has 1 heterocycles. The number of hydrogen-bond acceptors (Lipinski definition) is 2. The van der Waals surface area contributed by atoms with Crippen molar-refractivity contribution in [3.05, 3.63) is 0 Å². The Morgan fingerprint density at radius 3 is 2.38 bits per heavy atom. The van der Waals surface area contributed by atoms with Gasteiger partial charge >= 0.3 is 5.97 Å². The van der Waals surface area contributed by atoms with Gasteiger partial charge in [-0.15, -0.1) is 0 Å². The standard InChI is InChI=1S/C22H33NO3/c1-20-8-6-15-13(14(20)4-5-16(20)18(25)26)12-22(10-11-22)19-21(15,2)9-7-17(24)23(19)3/h13-16,19H,4-12H2,1-3H3,(H,25,26). The number of carboxylic acids is 1. The molecule has 5 rings (SSSR count). The molecular weight excluding hydrogens is 326 g/mol. The number of carbonyl (C=O) groups excluding carboxylic acids is 1. The zero-order valence-electron chi connectivity index (χ0n) is 16.5. The molecule has 4 nitrogen and oxygen atoms in total. The third-order valence-electron chi connectivity index (χ3n) is 9.98. The van der Waals surface area contributed by atoms with Crippen molar-refractivity contribution in [2.45, 2.75) is 77.7 Å². The fourth-order valence-corrected chi connectivity index (χ4v) is 8.79. The van der Waals surface area contributed by atoms with Crippen LogP contribution in [0.4, 0.5) is 0 Å². The zero-order chi connectivity index (χ0) is 18.5. The molecule has 4 aliphatic carbocycles. The fraction of sp³-hybridized carbons (Fsp3) is 0.909. The second-order valence-corrected chi connectivity index (χ2v) is 10.9. The Bertz CT molecular complexity index is 670. The van der Waals surface area contributed by atoms with Crippen molar-refractivity contribution in [1.82, 2.24) is 4.90 Å². The molecule has 4 saturated carbocycles. The van der Waals surface area contributed by atoms with Crippen LogP contribution in [-0.4, -0.2) is 35.0 Å². The number of hydrogen-bond donors (Lipinski definition) is 1. The minimum atomic E-state index is -0.572. The van der Waals surface area contributed by atoms with Gasteiger partial charge in [-0.1, -0.05) is 13.8 Å². The van der Waals surface area contributed by atoms with Crippen molar-refractivity contribution in [2.24, 2.45) is 39.9 Å². The lowest BCUT2D eigenvalue weighted by Crippen LogP contribution is -2.65. The van der Waals surface area contributed by atoms with E-state index in [1.165, 1.54) is 19.3 Å². The lowest BCUT2D eigenvalue weighted by Gasteiger charge is -2.64. The van der Waals surface area contributed by atoms with Crippen LogP contribution in [0.3, 0.4) is 0 Å². The fourth-order valence-electron chi connectivity index (χ4n) is 8.79. The van der Waals surface area contributed by atoms with E-state index in [-0.39, 0.29) is 16.7 Å². The Morgan fingerprint density at radius 2 is 1.73 bits per heavy atom. The van der Waals surface area contributed by atoms with E-state index < -0.39 is 5.97 Å². The highest BCUT2D eigenvalue weighted by atomic mass is 16.4. The molecule has 144 valence electrons. The molecule has 26 heavy (non-hydrogen) atoms. The minimum absolute atomic E-state index is 0.0112. The van der Waals surface area contributed by atoms with Crippen LogP contribution in [0, 0.1) is 39.9 Å². The molecule has 5 fully saturated rings. The van der Waals surface area contributed by atoms with Crippen LogP contribution in [0.5, 0.6) is 0 Å². The number of fused-ring (bicyclic) bond motifs is 6. The number of rotatable bonds is 1. The molecule has 0 bridgehead atoms. The molecule has 0 aromatic heterocycles. The molecule has 1 spiro atoms. The summed E-state index contributed by atoms with van der Waals surface area (Å²) in [7, 11) is 2.05. The summed E-state index contributed by atoms with van der Waals surface area (Å²) in [6.45, 7) is 4.76. The summed E-state index contributed by atoms with van der Waals surface area (Å²) in [5, 5.41) is 9.79. The third-order valence-corrected chi connectivity index (χ3v) is 9.98. The van der Waals surface area contributed by atoms with Crippen LogP contribution in [0.15, 0.2) is 0 Å². The van der Waals surface area contributed by atoms with Crippen LogP contribution in [0.1, 0.15) is 71.6 Å². The smallest absolute Gasteiger partial charge is 0.307 e. The maximum absolute atomic E-state index is 12.5. The van der Waals surface area contributed by atoms with E-state index >= 15 is 0 Å². The molecule has 1 N–H and O–H groups in total. The van der Waals surface area contributed by atoms with Crippen molar-refractivity contribution in [3.63, 3.8) is 0 Å². The molecule has 0 aromatic rings. The lowest BCUT2D eigenvalue weighted by atomic mass is 9.44. The molecule has 1 saturated heterocycles. The first kappa shape index (κ1) is 17.1. The summed E-state index contributed by atoms with van der Waals surface area (Å²) < 4.78 is 0. The van der Waals surface area contributed by atoms with Gasteiger partial charge < -0.3 is 10.0 Å². The Hall–Kier alpha value is -1.06. The van der Waals surface area contributed by atoms with E-state index in [0.29, 0.717) is 41.5 Å². The quantitative estimate of drug-likeness (QED) is 0.771. The number of nitrogens with zero attached hydrogens (tertiary/aromatic N) is 1. The summed E-state index contributed by atoms with van der Waals surface area (Å²) in [6.07, 6.45) is 9.68. The van der Waals surface area contributed by atoms with Gasteiger partial charge in [0.2, 0.25) is 5.91 Å². The predicted octanol–water partition coefficient (Wildman–Crippen LogP) is 3.94. The molecule has 0 aromatic carbocycles. The van der Waals surface area contributed by atoms with Crippen molar-refractivity contribution in [3.8, 4) is 0 Å². The maximum Gasteiger partial charge on any atom is 0.307 e. The Morgan fingerprint density at radius 1 is 1.04 bits per heavy atom. The number of carbonyl (C=O) groups is 2. The highest BCUT2D eigenvalue weighted by molar-refractivity contribution is 5.77. The van der Waals surface area contributed by atoms with Gasteiger partial charge in [-0.05, 0) is 85.4 Å². The Balaban J connectivity index is 1.54. The van der Waals surface area contributed by atoms with Gasteiger partial charge in [0, 0.05) is 19.5 Å². The van der Waals surface area contributed by atoms with E-state index in [2.05, 4.69) is 18.7 Å². The van der Waals surface area contributed by atoms with Gasteiger partial charge in [-0.25, -0.2) is 0 Å². The van der Waals surface area contributed by atoms with Gasteiger partial charge in [0.1, 0.15) is 0 Å². The van der Waals surface area contributed by atoms with Crippen LogP contribution in [-0.2, 0) is 9.59 Å². The molecule has 5 aliphatic rings. The number of aliphatic carboxylic acids is 1. The largest absolute Gasteiger partial charge is 0.481 e. The number of likely N-dealkylation sites (tertiary alicyclic amines) is 1. The highest BCUT2D eigenvalue weighted by Crippen LogP contribution is 2.73. The summed E-state index contributed by atoms with van der Waals surface area (Å²) in [5.74, 6) is 1.52. The maximum atomic E-state index is 12.5. The Labute approximate surface area is 156 Å². The van der Waals surface area contributed by atoms with Crippen molar-refractivity contribution in [1.29, 1.82) is 0 Å². The lowest BCUT2D eigenvalue weighted by molar-refractivity contribution is -0.176. The zero-order valence-corrected chi connectivity index (χ0v) is 16.5. The van der Waals surface area contributed by atoms with Crippen molar-refractivity contribution in [2.75, 3.05) is 7.05 Å². The number of piperidine rings is 1. The number of amides is 1. The summed E-state index contributed by atoms with van der Waals surface area (Å²) >= 11 is 0. The normalized spacial score (nSPS) is 51.6. The van der Waals surface area contributed by atoms with Gasteiger partial charge in [-0.2, -0.15) is 0 Å². The number of carboxylic acid groups (broad SMARTS) is 1. The predicted molar refractivity (Wildman–Crippen MR) is 98.4 cm³/mol. The van der Waals surface area contributed by atoms with Gasteiger partial charge in [-0.3, -0.25) is 9.59 Å². The van der Waals surface area contributed by atoms with Crippen LogP contribution >= 0.6 is 0 Å². The van der Waals surface area contributed by atoms with Gasteiger partial charge in [0.15, 0.2) is 0 Å². The van der Waals surface area contributed by atoms with Crippen LogP contribution in [0.25, 0.3) is 0 Å². The summed E-state index contributed by atoms with van der Waals surface area (Å²) in [6, 6.07) is 0.415. The van der Waals surface area contributed by atoms with E-state index in [9.17, 15) is 14.7 Å². The van der Waals surface area contributed by atoms with Crippen molar-refractivity contribution >= 4 is 11.9 Å². The molecule has 4 heteroatoms. The topological polar surface area (TPSA) is 57.6 Å². The summed E-state index contributed by atoms with van der Waals surface area (Å²) in [5.41, 5.74) is 0.549. The first-order valence-electron chi connectivity index (χ1n) is 10.7. The van der Waals surface area contributed by atoms with E-state index in [4.69, 9.17) is 0 Å². The molecule has 0 radical (unpaired) electrons. The summed E-state index contributed by atoms with van der Waals surface area (Å²) in [4.78, 5) is 26.5. The first-order valence-corrected chi connectivity index (χ1v) is 10.7. The molecular formula is C22H33NO3. The molecule has 7 atom stereocenters. The van der Waals surface area contributed by atoms with Gasteiger partial charge in [0.05, 0.1) is 5.92 Å². The van der Waals surface area contributed by atoms with E-state index in [1.807, 2.05) is 7.05 Å². The average molecular weight is 360 g/mol. The van der Waals surface area contributed by atoms with Crippen LogP contribution in [0.2, 0.25) is 0 Å². The molecule has 1 aliphatic heterocycles. The second-order valence-electron chi connectivity index (χ2n) is 10.9. The van der Waals surface area contributed by atoms with Crippen molar-refractivity contribution < 1.29 is 14.7 Å². The van der Waals surface area contributed by atoms with E-state index in [0.717, 1.165) is 32.1 Å². The monoisotopic (exact) mass is 359 g/mol. The van der Waals surface area contributed by atoms with E-state index in [1.54, 1.807) is 0 Å². The average Bonchev–Trinajstić information content (AvgIpc) is 3.22. The molecule has 1 amide bonds. The third kappa shape index (κ3) is 1.91. The second kappa shape index (κ2) is 5.05. The molecule has 7 unspecified atom stereocenters.